The first-order chi connectivity index (χ1) is 9.30. The lowest BCUT2D eigenvalue weighted by atomic mass is 9.99. The van der Waals surface area contributed by atoms with Gasteiger partial charge in [0.1, 0.15) is 0 Å². The van der Waals surface area contributed by atoms with E-state index in [4.69, 9.17) is 11.6 Å². The zero-order valence-electron chi connectivity index (χ0n) is 11.0. The van der Waals surface area contributed by atoms with Crippen molar-refractivity contribution in [2.24, 2.45) is 0 Å². The highest BCUT2D eigenvalue weighted by atomic mass is 35.5. The Kier molecular flexibility index (Phi) is 3.95. The number of anilines is 1. The summed E-state index contributed by atoms with van der Waals surface area (Å²) in [4.78, 5) is 1.77. The molecule has 2 aromatic carbocycles. The van der Waals surface area contributed by atoms with Crippen molar-refractivity contribution in [3.63, 3.8) is 0 Å². The van der Waals surface area contributed by atoms with Crippen LogP contribution in [0.3, 0.4) is 0 Å². The molecule has 0 bridgehead atoms. The number of benzene rings is 2. The van der Waals surface area contributed by atoms with Crippen LogP contribution in [0.25, 0.3) is 11.1 Å². The predicted molar refractivity (Wildman–Crippen MR) is 76.2 cm³/mol. The molecule has 0 fully saturated rings. The van der Waals surface area contributed by atoms with Gasteiger partial charge in [0.25, 0.3) is 0 Å². The Morgan fingerprint density at radius 3 is 2.25 bits per heavy atom. The van der Waals surface area contributed by atoms with E-state index in [-0.39, 0.29) is 5.56 Å². The summed E-state index contributed by atoms with van der Waals surface area (Å²) in [6.07, 6.45) is -4.38. The van der Waals surface area contributed by atoms with Gasteiger partial charge in [-0.25, -0.2) is 0 Å². The SMILES string of the molecule is CN(C)c1cc(-c2ccccc2C(F)(F)F)ccc1Cl. The second-order valence-electron chi connectivity index (χ2n) is 4.60. The second kappa shape index (κ2) is 5.37. The number of alkyl halides is 3. The first kappa shape index (κ1) is 14.7. The lowest BCUT2D eigenvalue weighted by Crippen LogP contribution is -2.10. The van der Waals surface area contributed by atoms with Gasteiger partial charge in [-0.15, -0.1) is 0 Å². The summed E-state index contributed by atoms with van der Waals surface area (Å²) in [5.41, 5.74) is 0.680. The summed E-state index contributed by atoms with van der Waals surface area (Å²) in [5, 5.41) is 0.503. The number of halogens is 4. The Morgan fingerprint density at radius 2 is 1.65 bits per heavy atom. The molecule has 0 saturated carbocycles. The number of hydrogen-bond acceptors (Lipinski definition) is 1. The number of nitrogens with zero attached hydrogens (tertiary/aromatic N) is 1. The van der Waals surface area contributed by atoms with Gasteiger partial charge in [0, 0.05) is 14.1 Å². The van der Waals surface area contributed by atoms with Crippen LogP contribution in [-0.4, -0.2) is 14.1 Å². The molecule has 0 spiro atoms. The zero-order valence-corrected chi connectivity index (χ0v) is 11.8. The summed E-state index contributed by atoms with van der Waals surface area (Å²) in [6.45, 7) is 0. The third kappa shape index (κ3) is 2.90. The van der Waals surface area contributed by atoms with E-state index >= 15 is 0 Å². The van der Waals surface area contributed by atoms with Crippen LogP contribution in [0.4, 0.5) is 18.9 Å². The van der Waals surface area contributed by atoms with E-state index in [1.807, 2.05) is 0 Å². The summed E-state index contributed by atoms with van der Waals surface area (Å²) >= 11 is 6.04. The third-order valence-electron chi connectivity index (χ3n) is 2.97. The maximum absolute atomic E-state index is 13.0. The van der Waals surface area contributed by atoms with Gasteiger partial charge < -0.3 is 4.90 Å². The minimum atomic E-state index is -4.38. The van der Waals surface area contributed by atoms with Gasteiger partial charge in [-0.3, -0.25) is 0 Å². The molecule has 0 heterocycles. The zero-order chi connectivity index (χ0) is 14.9. The Balaban J connectivity index is 2.61. The molecule has 106 valence electrons. The minimum Gasteiger partial charge on any atom is -0.376 e. The average Bonchev–Trinajstić information content (AvgIpc) is 2.38. The molecule has 5 heteroatoms. The predicted octanol–water partition coefficient (Wildman–Crippen LogP) is 5.09. The van der Waals surface area contributed by atoms with E-state index in [1.165, 1.54) is 12.1 Å². The number of rotatable bonds is 2. The fourth-order valence-corrected chi connectivity index (χ4v) is 2.29. The van der Waals surface area contributed by atoms with Crippen molar-refractivity contribution in [2.45, 2.75) is 6.18 Å². The van der Waals surface area contributed by atoms with Crippen LogP contribution in [0.1, 0.15) is 5.56 Å². The topological polar surface area (TPSA) is 3.24 Å². The monoisotopic (exact) mass is 299 g/mol. The van der Waals surface area contributed by atoms with Gasteiger partial charge in [0.2, 0.25) is 0 Å². The summed E-state index contributed by atoms with van der Waals surface area (Å²) < 4.78 is 39.1. The van der Waals surface area contributed by atoms with Crippen molar-refractivity contribution in [2.75, 3.05) is 19.0 Å². The molecule has 2 rings (SSSR count). The quantitative estimate of drug-likeness (QED) is 0.746. The highest BCUT2D eigenvalue weighted by Crippen LogP contribution is 2.38. The summed E-state index contributed by atoms with van der Waals surface area (Å²) in [7, 11) is 3.58. The summed E-state index contributed by atoms with van der Waals surface area (Å²) in [6, 6.07) is 10.4. The fraction of sp³-hybridized carbons (Fsp3) is 0.200. The van der Waals surface area contributed by atoms with Crippen molar-refractivity contribution >= 4 is 17.3 Å². The van der Waals surface area contributed by atoms with E-state index in [0.717, 1.165) is 6.07 Å². The first-order valence-corrected chi connectivity index (χ1v) is 6.32. The van der Waals surface area contributed by atoms with Gasteiger partial charge in [0.15, 0.2) is 0 Å². The van der Waals surface area contributed by atoms with Crippen LogP contribution in [0.15, 0.2) is 42.5 Å². The second-order valence-corrected chi connectivity index (χ2v) is 5.01. The fourth-order valence-electron chi connectivity index (χ4n) is 2.00. The van der Waals surface area contributed by atoms with Gasteiger partial charge >= 0.3 is 6.18 Å². The smallest absolute Gasteiger partial charge is 0.376 e. The Morgan fingerprint density at radius 1 is 1.00 bits per heavy atom. The molecule has 20 heavy (non-hydrogen) atoms. The Hall–Kier alpha value is -1.68. The highest BCUT2D eigenvalue weighted by molar-refractivity contribution is 6.33. The highest BCUT2D eigenvalue weighted by Gasteiger charge is 2.33. The van der Waals surface area contributed by atoms with Gasteiger partial charge in [-0.05, 0) is 29.3 Å². The normalized spacial score (nSPS) is 11.5. The van der Waals surface area contributed by atoms with Crippen LogP contribution in [0, 0.1) is 0 Å². The van der Waals surface area contributed by atoms with Crippen LogP contribution in [0.2, 0.25) is 5.02 Å². The molecular formula is C15H13ClF3N. The Bertz CT molecular complexity index is 621. The molecule has 1 nitrogen and oxygen atoms in total. The largest absolute Gasteiger partial charge is 0.417 e. The minimum absolute atomic E-state index is 0.153. The van der Waals surface area contributed by atoms with Crippen molar-refractivity contribution in [1.29, 1.82) is 0 Å². The van der Waals surface area contributed by atoms with E-state index in [9.17, 15) is 13.2 Å². The van der Waals surface area contributed by atoms with Crippen molar-refractivity contribution in [3.05, 3.63) is 53.1 Å². The molecular weight excluding hydrogens is 287 g/mol. The molecule has 0 N–H and O–H groups in total. The van der Waals surface area contributed by atoms with Gasteiger partial charge in [-0.2, -0.15) is 13.2 Å². The maximum atomic E-state index is 13.0. The van der Waals surface area contributed by atoms with Crippen molar-refractivity contribution < 1.29 is 13.2 Å². The molecule has 0 aliphatic carbocycles. The van der Waals surface area contributed by atoms with Crippen LogP contribution >= 0.6 is 11.6 Å². The third-order valence-corrected chi connectivity index (χ3v) is 3.29. The molecule has 0 aromatic heterocycles. The first-order valence-electron chi connectivity index (χ1n) is 5.94. The van der Waals surface area contributed by atoms with E-state index in [1.54, 1.807) is 43.3 Å². The average molecular weight is 300 g/mol. The molecule has 0 aliphatic heterocycles. The summed E-state index contributed by atoms with van der Waals surface area (Å²) in [5.74, 6) is 0. The molecule has 0 amide bonds. The van der Waals surface area contributed by atoms with Crippen LogP contribution in [-0.2, 0) is 6.18 Å². The molecule has 0 saturated heterocycles. The maximum Gasteiger partial charge on any atom is 0.417 e. The van der Waals surface area contributed by atoms with E-state index < -0.39 is 11.7 Å². The van der Waals surface area contributed by atoms with Crippen LogP contribution < -0.4 is 4.90 Å². The molecule has 0 radical (unpaired) electrons. The number of hydrogen-bond donors (Lipinski definition) is 0. The van der Waals surface area contributed by atoms with Gasteiger partial charge in [0.05, 0.1) is 16.3 Å². The molecule has 2 aromatic rings. The standard InChI is InChI=1S/C15H13ClF3N/c1-20(2)14-9-10(7-8-13(14)16)11-5-3-4-6-12(11)15(17,18)19/h3-9H,1-2H3. The molecule has 0 aliphatic rings. The van der Waals surface area contributed by atoms with Crippen molar-refractivity contribution in [3.8, 4) is 11.1 Å². The molecule has 0 unspecified atom stereocenters. The van der Waals surface area contributed by atoms with Gasteiger partial charge in [-0.1, -0.05) is 35.9 Å². The lowest BCUT2D eigenvalue weighted by Gasteiger charge is -2.17. The van der Waals surface area contributed by atoms with E-state index in [2.05, 4.69) is 0 Å². The van der Waals surface area contributed by atoms with E-state index in [0.29, 0.717) is 16.3 Å². The molecule has 0 atom stereocenters. The lowest BCUT2D eigenvalue weighted by molar-refractivity contribution is -0.137. The Labute approximate surface area is 120 Å². The van der Waals surface area contributed by atoms with Crippen LogP contribution in [0.5, 0.6) is 0 Å². The van der Waals surface area contributed by atoms with Crippen molar-refractivity contribution in [1.82, 2.24) is 0 Å².